The van der Waals surface area contributed by atoms with E-state index in [-0.39, 0.29) is 5.91 Å². The molecule has 5 nitrogen and oxygen atoms in total. The number of carbonyl (C=O) groups is 1. The maximum absolute atomic E-state index is 12.5. The normalized spacial score (nSPS) is 11.8. The first-order chi connectivity index (χ1) is 12.0. The summed E-state index contributed by atoms with van der Waals surface area (Å²) in [5.74, 6) is 1.98. The van der Waals surface area contributed by atoms with Gasteiger partial charge in [-0.25, -0.2) is 0 Å². The maximum Gasteiger partial charge on any atom is 0.265 e. The molecular weight excluding hydrogens is 318 g/mol. The summed E-state index contributed by atoms with van der Waals surface area (Å²) in [6.45, 7) is 5.91. The van der Waals surface area contributed by atoms with Gasteiger partial charge in [-0.1, -0.05) is 32.0 Å². The van der Waals surface area contributed by atoms with Gasteiger partial charge in [0.1, 0.15) is 17.2 Å². The van der Waals surface area contributed by atoms with Gasteiger partial charge in [0.05, 0.1) is 19.9 Å². The van der Waals surface area contributed by atoms with Gasteiger partial charge in [0.15, 0.2) is 6.10 Å². The van der Waals surface area contributed by atoms with Crippen LogP contribution in [-0.2, 0) is 4.79 Å². The van der Waals surface area contributed by atoms with Crippen molar-refractivity contribution in [1.29, 1.82) is 0 Å². The number of hydrogen-bond donors (Lipinski definition) is 1. The highest BCUT2D eigenvalue weighted by atomic mass is 16.5. The zero-order valence-corrected chi connectivity index (χ0v) is 15.3. The van der Waals surface area contributed by atoms with E-state index in [9.17, 15) is 4.79 Å². The lowest BCUT2D eigenvalue weighted by molar-refractivity contribution is -0.122. The molecule has 0 saturated carbocycles. The van der Waals surface area contributed by atoms with Crippen LogP contribution < -0.4 is 19.5 Å². The van der Waals surface area contributed by atoms with Gasteiger partial charge in [-0.2, -0.15) is 0 Å². The van der Waals surface area contributed by atoms with E-state index >= 15 is 0 Å². The van der Waals surface area contributed by atoms with Gasteiger partial charge in [-0.3, -0.25) is 4.79 Å². The maximum atomic E-state index is 12.5. The quantitative estimate of drug-likeness (QED) is 0.817. The molecular formula is C20H25NO4. The zero-order chi connectivity index (χ0) is 18.4. The Morgan fingerprint density at radius 1 is 0.960 bits per heavy atom. The average molecular weight is 343 g/mol. The van der Waals surface area contributed by atoms with Crippen molar-refractivity contribution in [3.63, 3.8) is 0 Å². The molecule has 0 spiro atoms. The Hall–Kier alpha value is -2.69. The molecule has 0 fully saturated rings. The summed E-state index contributed by atoms with van der Waals surface area (Å²) in [5, 5.41) is 2.84. The van der Waals surface area contributed by atoms with Crippen LogP contribution in [0.25, 0.3) is 0 Å². The van der Waals surface area contributed by atoms with Crippen molar-refractivity contribution in [3.8, 4) is 17.2 Å². The van der Waals surface area contributed by atoms with Crippen LogP contribution in [0.3, 0.4) is 0 Å². The number of amides is 1. The predicted molar refractivity (Wildman–Crippen MR) is 98.8 cm³/mol. The monoisotopic (exact) mass is 343 g/mol. The van der Waals surface area contributed by atoms with Gasteiger partial charge in [-0.15, -0.1) is 0 Å². The van der Waals surface area contributed by atoms with E-state index in [0.29, 0.717) is 23.1 Å². The van der Waals surface area contributed by atoms with E-state index < -0.39 is 6.10 Å². The molecule has 0 aromatic heterocycles. The molecule has 0 saturated heterocycles. The Morgan fingerprint density at radius 3 is 2.32 bits per heavy atom. The Bertz CT molecular complexity index is 727. The van der Waals surface area contributed by atoms with Crippen molar-refractivity contribution in [3.05, 3.63) is 48.0 Å². The molecule has 0 radical (unpaired) electrons. The molecule has 5 heteroatoms. The molecule has 25 heavy (non-hydrogen) atoms. The molecule has 0 aliphatic carbocycles. The van der Waals surface area contributed by atoms with Gasteiger partial charge in [0.2, 0.25) is 0 Å². The van der Waals surface area contributed by atoms with Crippen molar-refractivity contribution >= 4 is 11.6 Å². The summed E-state index contributed by atoms with van der Waals surface area (Å²) in [5.41, 5.74) is 1.64. The third-order valence-electron chi connectivity index (χ3n) is 3.88. The van der Waals surface area contributed by atoms with Crippen LogP contribution in [0, 0.1) is 0 Å². The number of anilines is 1. The molecule has 2 aromatic carbocycles. The SMILES string of the molecule is COc1ccc(NC(=O)[C@H](C)Oc2ccccc2C(C)C)c(OC)c1. The Morgan fingerprint density at radius 2 is 1.68 bits per heavy atom. The number of para-hydroxylation sites is 1. The lowest BCUT2D eigenvalue weighted by Crippen LogP contribution is -2.30. The van der Waals surface area contributed by atoms with E-state index in [2.05, 4.69) is 19.2 Å². The summed E-state index contributed by atoms with van der Waals surface area (Å²) >= 11 is 0. The van der Waals surface area contributed by atoms with Crippen LogP contribution in [0.4, 0.5) is 5.69 Å². The molecule has 2 aromatic rings. The number of hydrogen-bond acceptors (Lipinski definition) is 4. The minimum absolute atomic E-state index is 0.248. The second-order valence-corrected chi connectivity index (χ2v) is 6.01. The molecule has 1 N–H and O–H groups in total. The van der Waals surface area contributed by atoms with Crippen LogP contribution in [0.2, 0.25) is 0 Å². The first kappa shape index (κ1) is 18.6. The van der Waals surface area contributed by atoms with Gasteiger partial charge in [-0.05, 0) is 36.6 Å². The summed E-state index contributed by atoms with van der Waals surface area (Å²) in [7, 11) is 3.12. The van der Waals surface area contributed by atoms with Crippen LogP contribution in [0.5, 0.6) is 17.2 Å². The lowest BCUT2D eigenvalue weighted by Gasteiger charge is -2.19. The zero-order valence-electron chi connectivity index (χ0n) is 15.3. The van der Waals surface area contributed by atoms with E-state index in [1.165, 1.54) is 0 Å². The third kappa shape index (κ3) is 4.66. The Labute approximate surface area is 148 Å². The second kappa shape index (κ2) is 8.42. The van der Waals surface area contributed by atoms with Crippen LogP contribution in [0.1, 0.15) is 32.3 Å². The highest BCUT2D eigenvalue weighted by Gasteiger charge is 2.19. The number of carbonyl (C=O) groups excluding carboxylic acids is 1. The fourth-order valence-corrected chi connectivity index (χ4v) is 2.44. The number of benzene rings is 2. The van der Waals surface area contributed by atoms with Gasteiger partial charge in [0.25, 0.3) is 5.91 Å². The average Bonchev–Trinajstić information content (AvgIpc) is 2.62. The van der Waals surface area contributed by atoms with E-state index in [4.69, 9.17) is 14.2 Å². The molecule has 134 valence electrons. The van der Waals surface area contributed by atoms with Crippen molar-refractivity contribution in [2.24, 2.45) is 0 Å². The standard InChI is InChI=1S/C20H25NO4/c1-13(2)16-8-6-7-9-18(16)25-14(3)20(22)21-17-11-10-15(23-4)12-19(17)24-5/h6-14H,1-5H3,(H,21,22)/t14-/m0/s1. The summed E-state index contributed by atoms with van der Waals surface area (Å²) in [6.07, 6.45) is -0.647. The van der Waals surface area contributed by atoms with E-state index in [0.717, 1.165) is 11.3 Å². The molecule has 0 aliphatic heterocycles. The van der Waals surface area contributed by atoms with Crippen molar-refractivity contribution in [2.75, 3.05) is 19.5 Å². The predicted octanol–water partition coefficient (Wildman–Crippen LogP) is 4.23. The molecule has 0 heterocycles. The molecule has 0 unspecified atom stereocenters. The fourth-order valence-electron chi connectivity index (χ4n) is 2.44. The summed E-state index contributed by atoms with van der Waals surface area (Å²) in [6, 6.07) is 13.0. The largest absolute Gasteiger partial charge is 0.497 e. The van der Waals surface area contributed by atoms with Crippen molar-refractivity contribution < 1.29 is 19.0 Å². The fraction of sp³-hybridized carbons (Fsp3) is 0.350. The van der Waals surface area contributed by atoms with Crippen LogP contribution in [-0.4, -0.2) is 26.2 Å². The number of rotatable bonds is 7. The van der Waals surface area contributed by atoms with Crippen molar-refractivity contribution in [1.82, 2.24) is 0 Å². The molecule has 1 atom stereocenters. The first-order valence-electron chi connectivity index (χ1n) is 8.24. The summed E-state index contributed by atoms with van der Waals surface area (Å²) < 4.78 is 16.3. The highest BCUT2D eigenvalue weighted by Crippen LogP contribution is 2.30. The minimum atomic E-state index is -0.647. The molecule has 0 bridgehead atoms. The first-order valence-corrected chi connectivity index (χ1v) is 8.24. The molecule has 2 rings (SSSR count). The van der Waals surface area contributed by atoms with Crippen LogP contribution >= 0.6 is 0 Å². The van der Waals surface area contributed by atoms with Gasteiger partial charge < -0.3 is 19.5 Å². The van der Waals surface area contributed by atoms with E-state index in [1.807, 2.05) is 24.3 Å². The number of methoxy groups -OCH3 is 2. The lowest BCUT2D eigenvalue weighted by atomic mass is 10.0. The molecule has 0 aliphatic rings. The van der Waals surface area contributed by atoms with E-state index in [1.54, 1.807) is 39.3 Å². The summed E-state index contributed by atoms with van der Waals surface area (Å²) in [4.78, 5) is 12.5. The van der Waals surface area contributed by atoms with Crippen LogP contribution in [0.15, 0.2) is 42.5 Å². The Balaban J connectivity index is 2.11. The van der Waals surface area contributed by atoms with Gasteiger partial charge in [0, 0.05) is 6.07 Å². The topological polar surface area (TPSA) is 56.8 Å². The van der Waals surface area contributed by atoms with Crippen molar-refractivity contribution in [2.45, 2.75) is 32.8 Å². The second-order valence-electron chi connectivity index (χ2n) is 6.01. The number of ether oxygens (including phenoxy) is 3. The highest BCUT2D eigenvalue weighted by molar-refractivity contribution is 5.95. The molecule has 1 amide bonds. The van der Waals surface area contributed by atoms with Gasteiger partial charge >= 0.3 is 0 Å². The number of nitrogens with one attached hydrogen (secondary N) is 1. The smallest absolute Gasteiger partial charge is 0.265 e. The minimum Gasteiger partial charge on any atom is -0.497 e. The Kier molecular flexibility index (Phi) is 6.28. The third-order valence-corrected chi connectivity index (χ3v) is 3.88.